The molecule has 2 aliphatic rings. The van der Waals surface area contributed by atoms with E-state index >= 15 is 0 Å². The van der Waals surface area contributed by atoms with Crippen molar-refractivity contribution < 1.29 is 4.79 Å². The average molecular weight is 350 g/mol. The van der Waals surface area contributed by atoms with Gasteiger partial charge in [0.1, 0.15) is 0 Å². The normalized spacial score (nSPS) is 27.1. The van der Waals surface area contributed by atoms with Crippen LogP contribution in [0.4, 0.5) is 10.5 Å². The maximum atomic E-state index is 12.3. The Morgan fingerprint density at radius 2 is 2.00 bits per heavy atom. The Hall–Kier alpha value is -1.26. The number of hydrogen-bond acceptors (Lipinski definition) is 2. The second-order valence-electron chi connectivity index (χ2n) is 7.61. The molecule has 0 spiro atoms. The average Bonchev–Trinajstić information content (AvgIpc) is 2.47. The van der Waals surface area contributed by atoms with Crippen molar-refractivity contribution in [2.75, 3.05) is 11.9 Å². The van der Waals surface area contributed by atoms with Crippen molar-refractivity contribution in [1.29, 1.82) is 0 Å². The largest absolute Gasteiger partial charge is 0.335 e. The van der Waals surface area contributed by atoms with Gasteiger partial charge >= 0.3 is 6.03 Å². The second-order valence-corrected chi connectivity index (χ2v) is 8.04. The summed E-state index contributed by atoms with van der Waals surface area (Å²) in [4.78, 5) is 15.0. The molecule has 0 aromatic heterocycles. The van der Waals surface area contributed by atoms with E-state index in [0.717, 1.165) is 18.5 Å². The highest BCUT2D eigenvalue weighted by Gasteiger charge is 2.38. The van der Waals surface area contributed by atoms with Gasteiger partial charge in [-0.2, -0.15) is 0 Å². The first-order valence-corrected chi connectivity index (χ1v) is 9.48. The Kier molecular flexibility index (Phi) is 5.67. The van der Waals surface area contributed by atoms with E-state index in [2.05, 4.69) is 29.4 Å². The lowest BCUT2D eigenvalue weighted by Crippen LogP contribution is -2.58. The van der Waals surface area contributed by atoms with Gasteiger partial charge < -0.3 is 10.6 Å². The monoisotopic (exact) mass is 349 g/mol. The third kappa shape index (κ3) is 4.42. The fourth-order valence-corrected chi connectivity index (χ4v) is 4.43. The predicted molar refractivity (Wildman–Crippen MR) is 99.6 cm³/mol. The summed E-state index contributed by atoms with van der Waals surface area (Å²) in [6.45, 7) is 5.76. The smallest absolute Gasteiger partial charge is 0.319 e. The Morgan fingerprint density at radius 1 is 1.29 bits per heavy atom. The molecule has 1 aromatic carbocycles. The van der Waals surface area contributed by atoms with E-state index in [9.17, 15) is 4.79 Å². The fraction of sp³-hybridized carbons (Fsp3) is 0.632. The molecule has 2 heterocycles. The minimum absolute atomic E-state index is 0.127. The first-order valence-electron chi connectivity index (χ1n) is 9.10. The number of benzene rings is 1. The number of urea groups is 1. The lowest BCUT2D eigenvalue weighted by atomic mass is 9.81. The van der Waals surface area contributed by atoms with Gasteiger partial charge in [-0.15, -0.1) is 0 Å². The third-order valence-electron chi connectivity index (χ3n) is 5.12. The second kappa shape index (κ2) is 7.75. The van der Waals surface area contributed by atoms with Crippen LogP contribution < -0.4 is 10.6 Å². The number of carbonyl (C=O) groups excluding carboxylic acids is 1. The molecule has 2 N–H and O–H groups in total. The Morgan fingerprint density at radius 3 is 2.62 bits per heavy atom. The minimum Gasteiger partial charge on any atom is -0.335 e. The molecule has 2 aliphatic heterocycles. The van der Waals surface area contributed by atoms with Crippen LogP contribution in [0, 0.1) is 5.92 Å². The number of fused-ring (bicyclic) bond motifs is 2. The standard InChI is InChI=1S/C19H28ClN3O/c1-13(2)12-23-17-7-4-8-18(23)11-16(10-17)22-19(24)21-15-6-3-5-14(20)9-15/h3,5-6,9,13,16-18H,4,7-8,10-12H2,1-2H3,(H2,21,22,24)/t17-,18-/m1/s1. The topological polar surface area (TPSA) is 44.4 Å². The Balaban J connectivity index is 1.56. The number of rotatable bonds is 4. The Bertz CT molecular complexity index is 563. The van der Waals surface area contributed by atoms with Crippen molar-refractivity contribution in [3.05, 3.63) is 29.3 Å². The van der Waals surface area contributed by atoms with E-state index in [1.807, 2.05) is 12.1 Å². The van der Waals surface area contributed by atoms with Gasteiger partial charge in [-0.1, -0.05) is 37.9 Å². The molecule has 5 heteroatoms. The van der Waals surface area contributed by atoms with Gasteiger partial charge in [0.15, 0.2) is 0 Å². The number of carbonyl (C=O) groups is 1. The molecule has 3 rings (SSSR count). The number of hydrogen-bond donors (Lipinski definition) is 2. The number of amides is 2. The van der Waals surface area contributed by atoms with Crippen molar-refractivity contribution in [2.24, 2.45) is 5.92 Å². The molecule has 0 saturated carbocycles. The molecule has 1 aromatic rings. The SMILES string of the molecule is CC(C)CN1[C@@H]2CCC[C@@H]1CC(NC(=O)Nc1cccc(Cl)c1)C2. The van der Waals surface area contributed by atoms with Crippen molar-refractivity contribution in [2.45, 2.75) is 64.1 Å². The molecule has 24 heavy (non-hydrogen) atoms. The summed E-state index contributed by atoms with van der Waals surface area (Å²) in [5, 5.41) is 6.69. The molecule has 2 fully saturated rings. The minimum atomic E-state index is -0.127. The van der Waals surface area contributed by atoms with E-state index in [1.165, 1.54) is 25.8 Å². The van der Waals surface area contributed by atoms with Crippen LogP contribution in [-0.4, -0.2) is 35.6 Å². The van der Waals surface area contributed by atoms with Gasteiger partial charge in [-0.05, 0) is 49.8 Å². The summed E-state index contributed by atoms with van der Waals surface area (Å²) in [6, 6.07) is 8.64. The Labute approximate surface area is 149 Å². The predicted octanol–water partition coefficient (Wildman–Crippen LogP) is 4.50. The highest BCUT2D eigenvalue weighted by Crippen LogP contribution is 2.34. The summed E-state index contributed by atoms with van der Waals surface area (Å²) in [7, 11) is 0. The number of nitrogens with one attached hydrogen (secondary N) is 2. The summed E-state index contributed by atoms with van der Waals surface area (Å²) in [6.07, 6.45) is 5.97. The molecule has 0 unspecified atom stereocenters. The molecule has 0 radical (unpaired) electrons. The molecule has 2 amide bonds. The third-order valence-corrected chi connectivity index (χ3v) is 5.35. The summed E-state index contributed by atoms with van der Waals surface area (Å²) < 4.78 is 0. The van der Waals surface area contributed by atoms with E-state index in [1.54, 1.807) is 12.1 Å². The van der Waals surface area contributed by atoms with E-state index in [0.29, 0.717) is 23.0 Å². The summed E-state index contributed by atoms with van der Waals surface area (Å²) in [5.74, 6) is 0.698. The summed E-state index contributed by atoms with van der Waals surface area (Å²) >= 11 is 5.97. The van der Waals surface area contributed by atoms with Crippen LogP contribution in [-0.2, 0) is 0 Å². The first-order chi connectivity index (χ1) is 11.5. The molecule has 2 saturated heterocycles. The highest BCUT2D eigenvalue weighted by atomic mass is 35.5. The lowest BCUT2D eigenvalue weighted by Gasteiger charge is -2.49. The zero-order valence-electron chi connectivity index (χ0n) is 14.6. The van der Waals surface area contributed by atoms with Crippen LogP contribution in [0.25, 0.3) is 0 Å². The van der Waals surface area contributed by atoms with Gasteiger partial charge in [-0.25, -0.2) is 4.79 Å². The van der Waals surface area contributed by atoms with Gasteiger partial charge in [0, 0.05) is 35.4 Å². The lowest BCUT2D eigenvalue weighted by molar-refractivity contribution is 0.0180. The van der Waals surface area contributed by atoms with Gasteiger partial charge in [0.05, 0.1) is 0 Å². The zero-order valence-corrected chi connectivity index (χ0v) is 15.4. The molecular formula is C19H28ClN3O. The molecule has 2 atom stereocenters. The van der Waals surface area contributed by atoms with E-state index in [-0.39, 0.29) is 12.1 Å². The zero-order chi connectivity index (χ0) is 17.1. The number of halogens is 1. The van der Waals surface area contributed by atoms with E-state index < -0.39 is 0 Å². The van der Waals surface area contributed by atoms with Gasteiger partial charge in [0.2, 0.25) is 0 Å². The van der Waals surface area contributed by atoms with Crippen LogP contribution in [0.1, 0.15) is 46.0 Å². The van der Waals surface area contributed by atoms with Crippen LogP contribution >= 0.6 is 11.6 Å². The first kappa shape index (κ1) is 17.6. The molecule has 0 aliphatic carbocycles. The number of piperidine rings is 2. The molecule has 4 nitrogen and oxygen atoms in total. The maximum absolute atomic E-state index is 12.3. The van der Waals surface area contributed by atoms with Crippen molar-refractivity contribution >= 4 is 23.3 Å². The molecule has 2 bridgehead atoms. The van der Waals surface area contributed by atoms with Crippen molar-refractivity contribution in [1.82, 2.24) is 10.2 Å². The van der Waals surface area contributed by atoms with Crippen LogP contribution in [0.5, 0.6) is 0 Å². The maximum Gasteiger partial charge on any atom is 0.319 e. The quantitative estimate of drug-likeness (QED) is 0.840. The van der Waals surface area contributed by atoms with Crippen LogP contribution in [0.3, 0.4) is 0 Å². The highest BCUT2D eigenvalue weighted by molar-refractivity contribution is 6.30. The van der Waals surface area contributed by atoms with E-state index in [4.69, 9.17) is 11.6 Å². The van der Waals surface area contributed by atoms with Crippen LogP contribution in [0.2, 0.25) is 5.02 Å². The van der Waals surface area contributed by atoms with Gasteiger partial charge in [-0.3, -0.25) is 4.90 Å². The molecule has 132 valence electrons. The van der Waals surface area contributed by atoms with Crippen molar-refractivity contribution in [3.8, 4) is 0 Å². The van der Waals surface area contributed by atoms with Gasteiger partial charge in [0.25, 0.3) is 0 Å². The van der Waals surface area contributed by atoms with Crippen LogP contribution in [0.15, 0.2) is 24.3 Å². The fourth-order valence-electron chi connectivity index (χ4n) is 4.23. The number of anilines is 1. The molecular weight excluding hydrogens is 322 g/mol. The number of nitrogens with zero attached hydrogens (tertiary/aromatic N) is 1. The summed E-state index contributed by atoms with van der Waals surface area (Å²) in [5.41, 5.74) is 0.734. The van der Waals surface area contributed by atoms with Crippen molar-refractivity contribution in [3.63, 3.8) is 0 Å².